The third-order valence-electron chi connectivity index (χ3n) is 3.15. The fourth-order valence-electron chi connectivity index (χ4n) is 2.23. The number of aliphatic hydroxyl groups excluding tert-OH is 1. The summed E-state index contributed by atoms with van der Waals surface area (Å²) in [5.41, 5.74) is 1.89. The minimum atomic E-state index is -0.359. The molecule has 0 radical (unpaired) electrons. The predicted octanol–water partition coefficient (Wildman–Crippen LogP) is 0.955. The lowest BCUT2D eigenvalue weighted by atomic mass is 10.1. The molecule has 1 saturated heterocycles. The van der Waals surface area contributed by atoms with Crippen molar-refractivity contribution in [2.24, 2.45) is 0 Å². The monoisotopic (exact) mass is 248 g/mol. The van der Waals surface area contributed by atoms with Crippen molar-refractivity contribution in [3.8, 4) is 0 Å². The van der Waals surface area contributed by atoms with E-state index >= 15 is 0 Å². The van der Waals surface area contributed by atoms with Gasteiger partial charge < -0.3 is 14.9 Å². The highest BCUT2D eigenvalue weighted by Crippen LogP contribution is 2.14. The number of carbonyl (C=O) groups is 1. The van der Waals surface area contributed by atoms with Crippen molar-refractivity contribution < 1.29 is 9.90 Å². The summed E-state index contributed by atoms with van der Waals surface area (Å²) in [6.45, 7) is 1.98. The molecule has 1 amide bonds. The maximum Gasteiger partial charge on any atom is 0.253 e. The van der Waals surface area contributed by atoms with Gasteiger partial charge in [0.1, 0.15) is 0 Å². The molecule has 2 rings (SSSR count). The number of nitrogens with zero attached hydrogens (tertiary/aromatic N) is 2. The number of benzene rings is 1. The molecule has 0 unspecified atom stereocenters. The normalized spacial score (nSPS) is 19.6. The van der Waals surface area contributed by atoms with E-state index in [2.05, 4.69) is 4.90 Å². The molecule has 1 atom stereocenters. The summed E-state index contributed by atoms with van der Waals surface area (Å²) in [5, 5.41) is 9.44. The summed E-state index contributed by atoms with van der Waals surface area (Å²) < 4.78 is 0. The van der Waals surface area contributed by atoms with Crippen LogP contribution in [0.4, 0.5) is 0 Å². The summed E-state index contributed by atoms with van der Waals surface area (Å²) in [6, 6.07) is 7.71. The summed E-state index contributed by atoms with van der Waals surface area (Å²) in [6.07, 6.45) is 0.326. The molecular weight excluding hydrogens is 228 g/mol. The van der Waals surface area contributed by atoms with E-state index in [1.165, 1.54) is 5.56 Å². The molecule has 4 heteroatoms. The van der Waals surface area contributed by atoms with Crippen LogP contribution < -0.4 is 0 Å². The van der Waals surface area contributed by atoms with Gasteiger partial charge in [-0.25, -0.2) is 0 Å². The number of hydrogen-bond acceptors (Lipinski definition) is 3. The van der Waals surface area contributed by atoms with Crippen molar-refractivity contribution in [1.82, 2.24) is 9.80 Å². The number of β-amino-alcohol motifs (C(OH)–C–C–N with tert-alkyl or cyclic N) is 1. The Morgan fingerprint density at radius 1 is 1.39 bits per heavy atom. The van der Waals surface area contributed by atoms with E-state index in [0.717, 1.165) is 6.54 Å². The van der Waals surface area contributed by atoms with E-state index in [4.69, 9.17) is 0 Å². The lowest BCUT2D eigenvalue weighted by Crippen LogP contribution is -2.29. The van der Waals surface area contributed by atoms with Gasteiger partial charge in [-0.1, -0.05) is 12.1 Å². The van der Waals surface area contributed by atoms with Crippen LogP contribution in [0, 0.1) is 0 Å². The smallest absolute Gasteiger partial charge is 0.253 e. The average Bonchev–Trinajstić information content (AvgIpc) is 2.75. The highest BCUT2D eigenvalue weighted by atomic mass is 16.3. The third kappa shape index (κ3) is 3.09. The molecule has 1 heterocycles. The van der Waals surface area contributed by atoms with Gasteiger partial charge in [0.25, 0.3) is 5.91 Å². The fourth-order valence-corrected chi connectivity index (χ4v) is 2.23. The van der Waals surface area contributed by atoms with Crippen LogP contribution in [0.3, 0.4) is 0 Å². The lowest BCUT2D eigenvalue weighted by molar-refractivity contribution is 0.0765. The van der Waals surface area contributed by atoms with Crippen molar-refractivity contribution in [2.45, 2.75) is 19.1 Å². The minimum absolute atomic E-state index is 0.0166. The lowest BCUT2D eigenvalue weighted by Gasteiger charge is -2.16. The van der Waals surface area contributed by atoms with Crippen LogP contribution in [0.5, 0.6) is 0 Å². The van der Waals surface area contributed by atoms with Crippen LogP contribution >= 0.6 is 0 Å². The van der Waals surface area contributed by atoms with E-state index in [1.807, 2.05) is 38.4 Å². The summed E-state index contributed by atoms with van der Waals surface area (Å²) in [5.74, 6) is 0.0166. The Labute approximate surface area is 108 Å². The molecule has 4 nitrogen and oxygen atoms in total. The molecule has 18 heavy (non-hydrogen) atoms. The van der Waals surface area contributed by atoms with Crippen molar-refractivity contribution in [3.63, 3.8) is 0 Å². The first-order valence-electron chi connectivity index (χ1n) is 6.27. The number of likely N-dealkylation sites (tertiary alicyclic amines) is 1. The quantitative estimate of drug-likeness (QED) is 0.866. The maximum absolute atomic E-state index is 12.1. The molecule has 1 aromatic carbocycles. The highest BCUT2D eigenvalue weighted by molar-refractivity contribution is 5.94. The molecule has 98 valence electrons. The van der Waals surface area contributed by atoms with E-state index in [0.29, 0.717) is 25.1 Å². The Morgan fingerprint density at radius 3 is 2.56 bits per heavy atom. The van der Waals surface area contributed by atoms with Gasteiger partial charge in [0, 0.05) is 25.2 Å². The van der Waals surface area contributed by atoms with Gasteiger partial charge in [0.15, 0.2) is 0 Å². The minimum Gasteiger partial charge on any atom is -0.391 e. The molecule has 0 bridgehead atoms. The Bertz CT molecular complexity index is 414. The molecule has 1 aliphatic heterocycles. The second-order valence-corrected chi connectivity index (χ2v) is 5.13. The van der Waals surface area contributed by atoms with Gasteiger partial charge in [-0.2, -0.15) is 0 Å². The van der Waals surface area contributed by atoms with Crippen LogP contribution in [0.25, 0.3) is 0 Å². The Kier molecular flexibility index (Phi) is 3.99. The van der Waals surface area contributed by atoms with Gasteiger partial charge in [0.05, 0.1) is 6.10 Å². The van der Waals surface area contributed by atoms with Gasteiger partial charge in [-0.05, 0) is 38.2 Å². The van der Waals surface area contributed by atoms with Gasteiger partial charge in [-0.3, -0.25) is 4.79 Å². The summed E-state index contributed by atoms with van der Waals surface area (Å²) in [7, 11) is 4.04. The number of amides is 1. The van der Waals surface area contributed by atoms with Crippen molar-refractivity contribution in [3.05, 3.63) is 35.4 Å². The molecule has 1 fully saturated rings. The maximum atomic E-state index is 12.1. The van der Waals surface area contributed by atoms with E-state index < -0.39 is 0 Å². The summed E-state index contributed by atoms with van der Waals surface area (Å²) in [4.78, 5) is 15.9. The second-order valence-electron chi connectivity index (χ2n) is 5.13. The van der Waals surface area contributed by atoms with Crippen LogP contribution in [0.1, 0.15) is 22.3 Å². The number of hydrogen-bond donors (Lipinski definition) is 1. The van der Waals surface area contributed by atoms with Crippen LogP contribution in [0.15, 0.2) is 24.3 Å². The zero-order valence-corrected chi connectivity index (χ0v) is 11.0. The standard InChI is InChI=1S/C14H20N2O2/c1-15(2)9-11-3-5-12(6-4-11)14(18)16-8-7-13(17)10-16/h3-6,13,17H,7-10H2,1-2H3/t13-/m0/s1. The molecule has 0 aliphatic carbocycles. The molecule has 0 saturated carbocycles. The number of aliphatic hydroxyl groups is 1. The number of rotatable bonds is 3. The molecule has 1 N–H and O–H groups in total. The van der Waals surface area contributed by atoms with Crippen LogP contribution in [0.2, 0.25) is 0 Å². The van der Waals surface area contributed by atoms with E-state index in [9.17, 15) is 9.90 Å². The molecule has 1 aromatic rings. The zero-order chi connectivity index (χ0) is 13.1. The molecular formula is C14H20N2O2. The topological polar surface area (TPSA) is 43.8 Å². The summed E-state index contributed by atoms with van der Waals surface area (Å²) >= 11 is 0. The van der Waals surface area contributed by atoms with Gasteiger partial charge >= 0.3 is 0 Å². The Morgan fingerprint density at radius 2 is 2.06 bits per heavy atom. The Balaban J connectivity index is 2.03. The van der Waals surface area contributed by atoms with E-state index in [-0.39, 0.29) is 12.0 Å². The van der Waals surface area contributed by atoms with Crippen LogP contribution in [-0.2, 0) is 6.54 Å². The fraction of sp³-hybridized carbons (Fsp3) is 0.500. The SMILES string of the molecule is CN(C)Cc1ccc(C(=O)N2CC[C@H](O)C2)cc1. The largest absolute Gasteiger partial charge is 0.391 e. The molecule has 0 spiro atoms. The first-order valence-corrected chi connectivity index (χ1v) is 6.27. The molecule has 1 aliphatic rings. The second kappa shape index (κ2) is 5.50. The highest BCUT2D eigenvalue weighted by Gasteiger charge is 2.25. The molecule has 0 aromatic heterocycles. The first kappa shape index (κ1) is 13.1. The van der Waals surface area contributed by atoms with Gasteiger partial charge in [-0.15, -0.1) is 0 Å². The van der Waals surface area contributed by atoms with Crippen molar-refractivity contribution in [2.75, 3.05) is 27.2 Å². The third-order valence-corrected chi connectivity index (χ3v) is 3.15. The number of carbonyl (C=O) groups excluding carboxylic acids is 1. The zero-order valence-electron chi connectivity index (χ0n) is 11.0. The van der Waals surface area contributed by atoms with Crippen LogP contribution in [-0.4, -0.2) is 54.1 Å². The Hall–Kier alpha value is -1.39. The van der Waals surface area contributed by atoms with Crippen molar-refractivity contribution >= 4 is 5.91 Å². The first-order chi connectivity index (χ1) is 8.56. The van der Waals surface area contributed by atoms with E-state index in [1.54, 1.807) is 4.90 Å². The average molecular weight is 248 g/mol. The van der Waals surface area contributed by atoms with Gasteiger partial charge in [0.2, 0.25) is 0 Å². The predicted molar refractivity (Wildman–Crippen MR) is 70.4 cm³/mol. The van der Waals surface area contributed by atoms with Crippen molar-refractivity contribution in [1.29, 1.82) is 0 Å².